The molecule has 12 heteroatoms. The summed E-state index contributed by atoms with van der Waals surface area (Å²) in [6, 6.07) is 8.77. The van der Waals surface area contributed by atoms with Crippen LogP contribution in [0, 0.1) is 24.0 Å². The Morgan fingerprint density at radius 2 is 1.80 bits per heavy atom. The Morgan fingerprint density at radius 3 is 2.46 bits per heavy atom. The number of carbonyl (C=O) groups excluding carboxylic acids is 3. The largest absolute Gasteiger partial charge is 0.462 e. The fraction of sp³-hybridized carbons (Fsp3) is 0.174. The van der Waals surface area contributed by atoms with E-state index >= 15 is 0 Å². The zero-order chi connectivity index (χ0) is 25.9. The molecule has 2 N–H and O–H groups in total. The highest BCUT2D eigenvalue weighted by Crippen LogP contribution is 2.36. The average molecular weight is 536 g/mol. The third kappa shape index (κ3) is 5.61. The maximum Gasteiger partial charge on any atom is 0.341 e. The Balaban J connectivity index is 1.99. The number of thiophene rings is 1. The second kappa shape index (κ2) is 10.9. The van der Waals surface area contributed by atoms with Gasteiger partial charge in [0.25, 0.3) is 17.5 Å². The molecule has 0 aliphatic heterocycles. The molecule has 0 saturated carbocycles. The molecule has 0 fully saturated rings. The Kier molecular flexibility index (Phi) is 8.11. The van der Waals surface area contributed by atoms with E-state index in [9.17, 15) is 24.5 Å². The van der Waals surface area contributed by atoms with Crippen LogP contribution in [0.5, 0.6) is 0 Å². The van der Waals surface area contributed by atoms with Gasteiger partial charge in [-0.3, -0.25) is 19.7 Å². The molecule has 0 saturated heterocycles. The number of amides is 2. The Morgan fingerprint density at radius 1 is 1.09 bits per heavy atom. The minimum absolute atomic E-state index is 0.00847. The van der Waals surface area contributed by atoms with Crippen LogP contribution in [0.2, 0.25) is 10.0 Å². The molecule has 0 unspecified atom stereocenters. The summed E-state index contributed by atoms with van der Waals surface area (Å²) in [5, 5.41) is 16.9. The molecule has 182 valence electrons. The third-order valence-electron chi connectivity index (χ3n) is 4.93. The van der Waals surface area contributed by atoms with E-state index < -0.39 is 22.7 Å². The fourth-order valence-corrected chi connectivity index (χ4v) is 4.60. The number of nitrogens with one attached hydrogen (secondary N) is 2. The molecule has 0 spiro atoms. The third-order valence-corrected chi connectivity index (χ3v) is 6.95. The molecule has 3 aromatic rings. The van der Waals surface area contributed by atoms with Crippen molar-refractivity contribution in [2.75, 3.05) is 17.2 Å². The van der Waals surface area contributed by atoms with E-state index in [1.165, 1.54) is 12.1 Å². The summed E-state index contributed by atoms with van der Waals surface area (Å²) < 4.78 is 5.11. The van der Waals surface area contributed by atoms with Crippen molar-refractivity contribution in [3.05, 3.63) is 83.7 Å². The van der Waals surface area contributed by atoms with Crippen molar-refractivity contribution < 1.29 is 24.0 Å². The summed E-state index contributed by atoms with van der Waals surface area (Å²) in [5.41, 5.74) is 0.754. The molecular weight excluding hydrogens is 517 g/mol. The van der Waals surface area contributed by atoms with Crippen molar-refractivity contribution in [3.63, 3.8) is 0 Å². The van der Waals surface area contributed by atoms with E-state index in [2.05, 4.69) is 10.6 Å². The normalized spacial score (nSPS) is 10.5. The molecule has 1 heterocycles. The van der Waals surface area contributed by atoms with Gasteiger partial charge in [0.05, 0.1) is 37.7 Å². The number of ether oxygens (including phenoxy) is 1. The van der Waals surface area contributed by atoms with Crippen LogP contribution < -0.4 is 10.6 Å². The first-order valence-electron chi connectivity index (χ1n) is 10.2. The SMILES string of the molecule is CCOC(=O)c1c(NC(=O)c2ccc(C)c([N+](=O)[O-])c2)sc(C(=O)Nc2cccc(Cl)c2Cl)c1C. The number of esters is 1. The van der Waals surface area contributed by atoms with Gasteiger partial charge in [0.15, 0.2) is 0 Å². The van der Waals surface area contributed by atoms with E-state index in [0.717, 1.165) is 17.4 Å². The van der Waals surface area contributed by atoms with Crippen molar-refractivity contribution in [2.45, 2.75) is 20.8 Å². The number of halogens is 2. The van der Waals surface area contributed by atoms with Crippen molar-refractivity contribution in [2.24, 2.45) is 0 Å². The van der Waals surface area contributed by atoms with Crippen LogP contribution in [0.15, 0.2) is 36.4 Å². The van der Waals surface area contributed by atoms with Crippen molar-refractivity contribution in [1.82, 2.24) is 0 Å². The van der Waals surface area contributed by atoms with Crippen molar-refractivity contribution in [3.8, 4) is 0 Å². The maximum atomic E-state index is 13.0. The topological polar surface area (TPSA) is 128 Å². The molecule has 2 aromatic carbocycles. The van der Waals surface area contributed by atoms with E-state index in [4.69, 9.17) is 27.9 Å². The molecule has 0 atom stereocenters. The number of benzene rings is 2. The second-order valence-electron chi connectivity index (χ2n) is 7.25. The van der Waals surface area contributed by atoms with Crippen molar-refractivity contribution in [1.29, 1.82) is 0 Å². The zero-order valence-electron chi connectivity index (χ0n) is 18.7. The van der Waals surface area contributed by atoms with Crippen LogP contribution in [-0.4, -0.2) is 29.3 Å². The predicted molar refractivity (Wildman–Crippen MR) is 135 cm³/mol. The lowest BCUT2D eigenvalue weighted by molar-refractivity contribution is -0.385. The van der Waals surface area contributed by atoms with Gasteiger partial charge in [0.2, 0.25) is 0 Å². The van der Waals surface area contributed by atoms with Gasteiger partial charge < -0.3 is 15.4 Å². The fourth-order valence-electron chi connectivity index (χ4n) is 3.17. The van der Waals surface area contributed by atoms with E-state index in [-0.39, 0.29) is 54.6 Å². The number of carbonyl (C=O) groups is 3. The van der Waals surface area contributed by atoms with Gasteiger partial charge in [0, 0.05) is 17.2 Å². The molecule has 0 bridgehead atoms. The number of rotatable bonds is 7. The molecule has 0 radical (unpaired) electrons. The van der Waals surface area contributed by atoms with Gasteiger partial charge in [-0.05, 0) is 44.5 Å². The number of nitro benzene ring substituents is 1. The monoisotopic (exact) mass is 535 g/mol. The minimum Gasteiger partial charge on any atom is -0.462 e. The first kappa shape index (κ1) is 26.1. The Hall–Kier alpha value is -3.47. The number of anilines is 2. The predicted octanol–water partition coefficient (Wildman–Crippen LogP) is 6.26. The molecule has 3 rings (SSSR count). The van der Waals surface area contributed by atoms with E-state index in [0.29, 0.717) is 5.56 Å². The highest BCUT2D eigenvalue weighted by atomic mass is 35.5. The van der Waals surface area contributed by atoms with Gasteiger partial charge in [0.1, 0.15) is 5.00 Å². The van der Waals surface area contributed by atoms with Gasteiger partial charge in [-0.15, -0.1) is 11.3 Å². The standard InChI is InChI=1S/C23H19Cl2N3O6S/c1-4-34-23(31)17-12(3)19(21(30)26-15-7-5-6-14(24)18(15)25)35-22(17)27-20(29)13-9-8-11(2)16(10-13)28(32)33/h5-10H,4H2,1-3H3,(H,26,30)(H,27,29). The van der Waals surface area contributed by atoms with E-state index in [1.807, 2.05) is 0 Å². The average Bonchev–Trinajstić information content (AvgIpc) is 3.12. The van der Waals surface area contributed by atoms with Gasteiger partial charge >= 0.3 is 5.97 Å². The molecule has 2 amide bonds. The number of nitro groups is 1. The van der Waals surface area contributed by atoms with Crippen molar-refractivity contribution >= 4 is 68.7 Å². The highest BCUT2D eigenvalue weighted by molar-refractivity contribution is 7.19. The van der Waals surface area contributed by atoms with Crippen LogP contribution >= 0.6 is 34.5 Å². The lowest BCUT2D eigenvalue weighted by atomic mass is 10.1. The summed E-state index contributed by atoms with van der Waals surface area (Å²) in [4.78, 5) is 49.3. The first-order valence-corrected chi connectivity index (χ1v) is 11.7. The quantitative estimate of drug-likeness (QED) is 0.208. The summed E-state index contributed by atoms with van der Waals surface area (Å²) in [6.07, 6.45) is 0. The minimum atomic E-state index is -0.730. The van der Waals surface area contributed by atoms with Gasteiger partial charge in [-0.2, -0.15) is 0 Å². The Bertz CT molecular complexity index is 1360. The highest BCUT2D eigenvalue weighted by Gasteiger charge is 2.28. The van der Waals surface area contributed by atoms with Gasteiger partial charge in [-0.25, -0.2) is 4.79 Å². The summed E-state index contributed by atoms with van der Waals surface area (Å²) in [5.74, 6) is -2.00. The molecule has 1 aromatic heterocycles. The number of hydrogen-bond acceptors (Lipinski definition) is 7. The zero-order valence-corrected chi connectivity index (χ0v) is 21.1. The lowest BCUT2D eigenvalue weighted by Gasteiger charge is -2.08. The second-order valence-corrected chi connectivity index (χ2v) is 9.05. The number of hydrogen-bond donors (Lipinski definition) is 2. The van der Waals surface area contributed by atoms with Crippen LogP contribution in [0.4, 0.5) is 16.4 Å². The lowest BCUT2D eigenvalue weighted by Crippen LogP contribution is -2.15. The summed E-state index contributed by atoms with van der Waals surface area (Å²) in [6.45, 7) is 4.80. The molecule has 35 heavy (non-hydrogen) atoms. The molecule has 0 aliphatic carbocycles. The van der Waals surface area contributed by atoms with Gasteiger partial charge in [-0.1, -0.05) is 35.3 Å². The smallest absolute Gasteiger partial charge is 0.341 e. The number of aryl methyl sites for hydroxylation is 1. The summed E-state index contributed by atoms with van der Waals surface area (Å²) >= 11 is 13.0. The first-order chi connectivity index (χ1) is 16.5. The summed E-state index contributed by atoms with van der Waals surface area (Å²) in [7, 11) is 0. The van der Waals surface area contributed by atoms with E-state index in [1.54, 1.807) is 39.0 Å². The molecule has 0 aliphatic rings. The number of nitrogens with zero attached hydrogens (tertiary/aromatic N) is 1. The Labute approximate surface area is 214 Å². The molecular formula is C23H19Cl2N3O6S. The van der Waals surface area contributed by atoms with Crippen LogP contribution in [0.3, 0.4) is 0 Å². The van der Waals surface area contributed by atoms with Crippen LogP contribution in [0.25, 0.3) is 0 Å². The van der Waals surface area contributed by atoms with Crippen LogP contribution in [0.1, 0.15) is 48.4 Å². The van der Waals surface area contributed by atoms with Crippen LogP contribution in [-0.2, 0) is 4.74 Å². The molecule has 9 nitrogen and oxygen atoms in total. The maximum absolute atomic E-state index is 13.0.